The Kier molecular flexibility index (Phi) is 4.61. The summed E-state index contributed by atoms with van der Waals surface area (Å²) in [6, 6.07) is 35.2. The van der Waals surface area contributed by atoms with E-state index in [0.29, 0.717) is 0 Å². The van der Waals surface area contributed by atoms with E-state index in [0.717, 1.165) is 23.6 Å². The first-order valence-corrected chi connectivity index (χ1v) is 19.1. The summed E-state index contributed by atoms with van der Waals surface area (Å²) in [4.78, 5) is 0. The average Bonchev–Trinajstić information content (AvgIpc) is 2.84. The van der Waals surface area contributed by atoms with Crippen LogP contribution in [0.2, 0.25) is 19.1 Å². The van der Waals surface area contributed by atoms with Crippen molar-refractivity contribution < 1.29 is 4.43 Å². The lowest BCUT2D eigenvalue weighted by atomic mass is 9.90. The average molecular weight is 485 g/mol. The first-order chi connectivity index (χ1) is 16.6. The van der Waals surface area contributed by atoms with E-state index in [-0.39, 0.29) is 6.10 Å². The molecule has 162 valence electrons. The molecule has 1 atom stereocenters. The van der Waals surface area contributed by atoms with Crippen LogP contribution in [0.25, 0.3) is 53.9 Å². The van der Waals surface area contributed by atoms with Crippen molar-refractivity contribution in [3.05, 3.63) is 96.6 Å². The molecule has 1 aliphatic heterocycles. The second-order valence-corrected chi connectivity index (χ2v) is 21.9. The minimum Gasteiger partial charge on any atom is -0.414 e. The van der Waals surface area contributed by atoms with Crippen LogP contribution in [0.1, 0.15) is 11.7 Å². The van der Waals surface area contributed by atoms with Crippen LogP contribution in [0.3, 0.4) is 0 Å². The van der Waals surface area contributed by atoms with Crippen LogP contribution in [0, 0.1) is 0 Å². The largest absolute Gasteiger partial charge is 0.414 e. The fourth-order valence-corrected chi connectivity index (χ4v) is 15.8. The molecule has 6 aromatic carbocycles. The molecule has 6 aromatic rings. The molecule has 1 nitrogen and oxygen atoms in total. The van der Waals surface area contributed by atoms with Gasteiger partial charge < -0.3 is 4.43 Å². The number of rotatable bonds is 1. The van der Waals surface area contributed by atoms with Crippen LogP contribution in [-0.4, -0.2) is 25.4 Å². The first kappa shape index (κ1) is 20.6. The summed E-state index contributed by atoms with van der Waals surface area (Å²) in [5, 5.41) is 13.2. The highest BCUT2D eigenvalue weighted by molar-refractivity contribution is 7.41. The van der Waals surface area contributed by atoms with Crippen LogP contribution in [0.5, 0.6) is 0 Å². The highest BCUT2D eigenvalue weighted by atomic mass is 29.6. The van der Waals surface area contributed by atoms with Crippen LogP contribution in [0.15, 0.2) is 91.0 Å². The molecule has 4 heteroatoms. The van der Waals surface area contributed by atoms with Crippen LogP contribution < -0.4 is 0 Å². The highest BCUT2D eigenvalue weighted by Crippen LogP contribution is 2.41. The molecule has 0 aliphatic carbocycles. The molecule has 0 N–H and O–H groups in total. The van der Waals surface area contributed by atoms with Crippen molar-refractivity contribution in [2.45, 2.75) is 25.2 Å². The van der Waals surface area contributed by atoms with E-state index in [1.807, 2.05) is 0 Å². The molecule has 0 spiro atoms. The zero-order chi connectivity index (χ0) is 22.9. The third kappa shape index (κ3) is 3.28. The van der Waals surface area contributed by atoms with E-state index < -0.39 is 7.83 Å². The Bertz CT molecular complexity index is 1760. The second-order valence-electron chi connectivity index (χ2n) is 9.91. The first-order valence-electron chi connectivity index (χ1n) is 11.9. The molecule has 34 heavy (non-hydrogen) atoms. The molecular formula is C30H24OSi3. The quantitative estimate of drug-likeness (QED) is 0.131. The smallest absolute Gasteiger partial charge is 0.166 e. The van der Waals surface area contributed by atoms with Gasteiger partial charge in [-0.15, -0.1) is 0 Å². The van der Waals surface area contributed by atoms with Crippen LogP contribution in [-0.2, 0) is 4.43 Å². The van der Waals surface area contributed by atoms with Crippen molar-refractivity contribution in [2.24, 2.45) is 0 Å². The van der Waals surface area contributed by atoms with Gasteiger partial charge >= 0.3 is 0 Å². The summed E-state index contributed by atoms with van der Waals surface area (Å²) in [5.74, 6) is 0. The lowest BCUT2D eigenvalue weighted by Gasteiger charge is -2.35. The summed E-state index contributed by atoms with van der Waals surface area (Å²) in [5.41, 5.74) is 1.41. The van der Waals surface area contributed by atoms with E-state index >= 15 is 0 Å². The third-order valence-electron chi connectivity index (χ3n) is 7.16. The van der Waals surface area contributed by atoms with E-state index in [1.54, 1.807) is 0 Å². The molecule has 0 saturated carbocycles. The molecule has 1 heterocycles. The van der Waals surface area contributed by atoms with Crippen LogP contribution in [0.4, 0.5) is 0 Å². The topological polar surface area (TPSA) is 9.23 Å². The van der Waals surface area contributed by atoms with Gasteiger partial charge in [0.15, 0.2) is 7.83 Å². The van der Waals surface area contributed by atoms with E-state index in [9.17, 15) is 0 Å². The SMILES string of the molecule is C[Si]1(C)OC(c2c3ccccc3cc3c2ccc2cc4cc5ccccc5cc4cc23)C[Si][Si]1. The Balaban J connectivity index is 1.56. The van der Waals surface area contributed by atoms with Crippen molar-refractivity contribution in [1.82, 2.24) is 0 Å². The molecule has 1 saturated heterocycles. The standard InChI is InChI=1S/C30H24OSi3/c1-34(2)31-29(18-32-33-34)30-25-10-6-5-9-21(25)16-28-26(30)12-11-22-15-23-13-19-7-3-4-8-20(19)14-24(23)17-27(22)28/h3-17,29H,18H2,1-2H3. The Labute approximate surface area is 205 Å². The summed E-state index contributed by atoms with van der Waals surface area (Å²) in [6.45, 7) is 4.79. The second kappa shape index (κ2) is 7.62. The van der Waals surface area contributed by atoms with Crippen LogP contribution >= 0.6 is 0 Å². The minimum atomic E-state index is -1.59. The van der Waals surface area contributed by atoms with Gasteiger partial charge in [0.1, 0.15) is 0 Å². The number of hydrogen-bond acceptors (Lipinski definition) is 1. The van der Waals surface area contributed by atoms with Crippen molar-refractivity contribution >= 4 is 79.3 Å². The number of hydrogen-bond donors (Lipinski definition) is 0. The molecule has 1 unspecified atom stereocenters. The zero-order valence-corrected chi connectivity index (χ0v) is 22.4. The van der Waals surface area contributed by atoms with Crippen molar-refractivity contribution in [2.75, 3.05) is 0 Å². The lowest BCUT2D eigenvalue weighted by Crippen LogP contribution is -2.47. The molecule has 1 aliphatic rings. The zero-order valence-electron chi connectivity index (χ0n) is 19.4. The van der Waals surface area contributed by atoms with Gasteiger partial charge in [-0.1, -0.05) is 60.7 Å². The lowest BCUT2D eigenvalue weighted by molar-refractivity contribution is 0.226. The molecule has 7 rings (SSSR count). The maximum absolute atomic E-state index is 6.86. The van der Waals surface area contributed by atoms with Crippen molar-refractivity contribution in [1.29, 1.82) is 0 Å². The Morgan fingerprint density at radius 2 is 1.24 bits per heavy atom. The Morgan fingerprint density at radius 1 is 0.618 bits per heavy atom. The third-order valence-corrected chi connectivity index (χ3v) is 19.7. The van der Waals surface area contributed by atoms with E-state index in [2.05, 4.69) is 104 Å². The summed E-state index contributed by atoms with van der Waals surface area (Å²) >= 11 is 0. The Hall–Kier alpha value is -2.77. The van der Waals surface area contributed by atoms with Gasteiger partial charge in [0, 0.05) is 9.04 Å². The van der Waals surface area contributed by atoms with E-state index in [1.165, 1.54) is 59.4 Å². The van der Waals surface area contributed by atoms with Gasteiger partial charge in [0.2, 0.25) is 0 Å². The summed E-state index contributed by atoms with van der Waals surface area (Å²) in [6.07, 6.45) is 0.205. The number of benzene rings is 6. The molecule has 4 radical (unpaired) electrons. The highest BCUT2D eigenvalue weighted by Gasteiger charge is 2.34. The summed E-state index contributed by atoms with van der Waals surface area (Å²) in [7, 11) is 0.460. The number of fused-ring (bicyclic) bond motifs is 6. The fraction of sp³-hybridized carbons (Fsp3) is 0.133. The predicted octanol–water partition coefficient (Wildman–Crippen LogP) is 7.97. The molecule has 0 aromatic heterocycles. The van der Waals surface area contributed by atoms with Crippen molar-refractivity contribution in [3.8, 4) is 0 Å². The summed E-state index contributed by atoms with van der Waals surface area (Å²) < 4.78 is 6.86. The monoisotopic (exact) mass is 484 g/mol. The van der Waals surface area contributed by atoms with Gasteiger partial charge in [-0.05, 0) is 109 Å². The van der Waals surface area contributed by atoms with Gasteiger partial charge in [0.05, 0.1) is 14.7 Å². The molecule has 0 bridgehead atoms. The maximum Gasteiger partial charge on any atom is 0.166 e. The minimum absolute atomic E-state index is 0.205. The van der Waals surface area contributed by atoms with Gasteiger partial charge in [-0.2, -0.15) is 0 Å². The Morgan fingerprint density at radius 3 is 2.00 bits per heavy atom. The van der Waals surface area contributed by atoms with Gasteiger partial charge in [-0.3, -0.25) is 0 Å². The maximum atomic E-state index is 6.86. The predicted molar refractivity (Wildman–Crippen MR) is 152 cm³/mol. The van der Waals surface area contributed by atoms with Gasteiger partial charge in [-0.25, -0.2) is 0 Å². The van der Waals surface area contributed by atoms with Crippen molar-refractivity contribution in [3.63, 3.8) is 0 Å². The van der Waals surface area contributed by atoms with Gasteiger partial charge in [0.25, 0.3) is 0 Å². The molecule has 1 fully saturated rings. The van der Waals surface area contributed by atoms with E-state index in [4.69, 9.17) is 4.43 Å². The molecular weight excluding hydrogens is 461 g/mol. The molecule has 0 amide bonds. The fourth-order valence-electron chi connectivity index (χ4n) is 5.64. The normalized spacial score (nSPS) is 18.4.